The summed E-state index contributed by atoms with van der Waals surface area (Å²) in [5, 5.41) is 0. The van der Waals surface area contributed by atoms with Gasteiger partial charge in [0.05, 0.1) is 7.11 Å². The molecule has 30 heavy (non-hydrogen) atoms. The zero-order valence-electron chi connectivity index (χ0n) is 17.5. The fraction of sp³-hybridized carbons (Fsp3) is 0.360. The highest BCUT2D eigenvalue weighted by Crippen LogP contribution is 2.39. The first kappa shape index (κ1) is 18.9. The van der Waals surface area contributed by atoms with Crippen LogP contribution in [0.1, 0.15) is 29.5 Å². The van der Waals surface area contributed by atoms with Crippen LogP contribution in [0.2, 0.25) is 0 Å². The average molecular weight is 402 g/mol. The lowest BCUT2D eigenvalue weighted by Gasteiger charge is -2.20. The summed E-state index contributed by atoms with van der Waals surface area (Å²) in [6.07, 6.45) is 5.66. The Balaban J connectivity index is 1.36. The van der Waals surface area contributed by atoms with E-state index in [1.165, 1.54) is 16.7 Å². The molecule has 0 radical (unpaired) electrons. The van der Waals surface area contributed by atoms with Crippen LogP contribution >= 0.6 is 0 Å². The summed E-state index contributed by atoms with van der Waals surface area (Å²) in [6.45, 7) is 4.16. The molecule has 1 fully saturated rings. The van der Waals surface area contributed by atoms with Gasteiger partial charge in [0.15, 0.2) is 11.5 Å². The van der Waals surface area contributed by atoms with Crippen LogP contribution < -0.4 is 14.4 Å². The number of methoxy groups -OCH3 is 1. The van der Waals surface area contributed by atoms with Gasteiger partial charge < -0.3 is 14.4 Å². The molecule has 1 aliphatic heterocycles. The maximum atomic E-state index is 6.46. The van der Waals surface area contributed by atoms with Crippen molar-refractivity contribution in [1.29, 1.82) is 0 Å². The van der Waals surface area contributed by atoms with Gasteiger partial charge in [-0.15, -0.1) is 0 Å². The zero-order valence-corrected chi connectivity index (χ0v) is 17.5. The van der Waals surface area contributed by atoms with Gasteiger partial charge in [0, 0.05) is 44.2 Å². The Hall–Kier alpha value is -3.08. The minimum atomic E-state index is 0.154. The number of rotatable bonds is 5. The molecule has 0 bridgehead atoms. The predicted octanol–water partition coefficient (Wildman–Crippen LogP) is 4.27. The molecule has 2 aliphatic rings. The summed E-state index contributed by atoms with van der Waals surface area (Å²) in [7, 11) is 1.71. The third-order valence-electron chi connectivity index (χ3n) is 6.37. The molecule has 1 aromatic heterocycles. The molecule has 5 heteroatoms. The quantitative estimate of drug-likeness (QED) is 0.639. The van der Waals surface area contributed by atoms with Crippen molar-refractivity contribution >= 4 is 5.95 Å². The van der Waals surface area contributed by atoms with E-state index in [1.807, 2.05) is 12.1 Å². The molecule has 0 amide bonds. The van der Waals surface area contributed by atoms with Gasteiger partial charge in [0.2, 0.25) is 5.95 Å². The van der Waals surface area contributed by atoms with Crippen LogP contribution in [-0.4, -0.2) is 36.3 Å². The van der Waals surface area contributed by atoms with Crippen molar-refractivity contribution < 1.29 is 9.47 Å². The normalized spacial score (nSPS) is 20.9. The molecule has 0 saturated carbocycles. The predicted molar refractivity (Wildman–Crippen MR) is 117 cm³/mol. The molecule has 5 rings (SSSR count). The molecule has 2 atom stereocenters. The van der Waals surface area contributed by atoms with E-state index >= 15 is 0 Å². The van der Waals surface area contributed by atoms with E-state index in [0.717, 1.165) is 43.4 Å². The van der Waals surface area contributed by atoms with Crippen LogP contribution in [0, 0.1) is 5.92 Å². The van der Waals surface area contributed by atoms with E-state index in [2.05, 4.69) is 58.2 Å². The van der Waals surface area contributed by atoms with Crippen LogP contribution in [0.3, 0.4) is 0 Å². The second-order valence-electron chi connectivity index (χ2n) is 8.36. The lowest BCUT2D eigenvalue weighted by Crippen LogP contribution is -2.21. The lowest BCUT2D eigenvalue weighted by molar-refractivity contribution is 0.204. The van der Waals surface area contributed by atoms with Crippen molar-refractivity contribution in [2.24, 2.45) is 5.92 Å². The van der Waals surface area contributed by atoms with Gasteiger partial charge in [-0.2, -0.15) is 0 Å². The van der Waals surface area contributed by atoms with Crippen LogP contribution in [0.15, 0.2) is 60.9 Å². The van der Waals surface area contributed by atoms with Crippen LogP contribution in [0.4, 0.5) is 5.95 Å². The standard InChI is InChI=1S/C25H27N3O2/c1-17-15-28(25-26-10-5-11-27-25)16-22(17)20-8-9-23(29-2)24(14-20)30-21-12-18-6-3-4-7-19(18)13-21/h3-11,14,17,21-22H,12-13,15-16H2,1-2H3/t17-,22+/m0/s1. The maximum Gasteiger partial charge on any atom is 0.225 e. The van der Waals surface area contributed by atoms with Gasteiger partial charge in [-0.1, -0.05) is 37.3 Å². The maximum absolute atomic E-state index is 6.46. The molecule has 154 valence electrons. The highest BCUT2D eigenvalue weighted by molar-refractivity contribution is 5.46. The Kier molecular flexibility index (Phi) is 5.03. The Morgan fingerprint density at radius 3 is 2.33 bits per heavy atom. The molecule has 0 spiro atoms. The largest absolute Gasteiger partial charge is 0.493 e. The number of benzene rings is 2. The van der Waals surface area contributed by atoms with Gasteiger partial charge in [0.25, 0.3) is 0 Å². The van der Waals surface area contributed by atoms with Crippen molar-refractivity contribution in [3.8, 4) is 11.5 Å². The summed E-state index contributed by atoms with van der Waals surface area (Å²) in [6, 6.07) is 16.9. The fourth-order valence-electron chi connectivity index (χ4n) is 4.82. The number of fused-ring (bicyclic) bond motifs is 1. The van der Waals surface area contributed by atoms with Crippen LogP contribution in [0.25, 0.3) is 0 Å². The fourth-order valence-corrected chi connectivity index (χ4v) is 4.82. The number of anilines is 1. The monoisotopic (exact) mass is 401 g/mol. The summed E-state index contributed by atoms with van der Waals surface area (Å²) in [5.41, 5.74) is 4.06. The number of hydrogen-bond donors (Lipinski definition) is 0. The molecule has 1 saturated heterocycles. The Labute approximate surface area is 177 Å². The van der Waals surface area contributed by atoms with Crippen molar-refractivity contribution in [3.63, 3.8) is 0 Å². The van der Waals surface area contributed by atoms with Gasteiger partial charge in [-0.05, 0) is 40.8 Å². The summed E-state index contributed by atoms with van der Waals surface area (Å²) >= 11 is 0. The van der Waals surface area contributed by atoms with E-state index < -0.39 is 0 Å². The van der Waals surface area contributed by atoms with Crippen LogP contribution in [0.5, 0.6) is 11.5 Å². The van der Waals surface area contributed by atoms with Gasteiger partial charge in [-0.3, -0.25) is 0 Å². The van der Waals surface area contributed by atoms with E-state index in [1.54, 1.807) is 19.5 Å². The van der Waals surface area contributed by atoms with Crippen molar-refractivity contribution in [3.05, 3.63) is 77.6 Å². The Morgan fingerprint density at radius 2 is 1.63 bits per heavy atom. The molecule has 2 heterocycles. The molecule has 5 nitrogen and oxygen atoms in total. The molecule has 0 N–H and O–H groups in total. The smallest absolute Gasteiger partial charge is 0.225 e. The van der Waals surface area contributed by atoms with E-state index in [9.17, 15) is 0 Å². The summed E-state index contributed by atoms with van der Waals surface area (Å²) in [4.78, 5) is 11.1. The Bertz CT molecular complexity index is 999. The van der Waals surface area contributed by atoms with Crippen molar-refractivity contribution in [2.45, 2.75) is 31.8 Å². The first-order valence-electron chi connectivity index (χ1n) is 10.6. The molecule has 3 aromatic rings. The number of ether oxygens (including phenoxy) is 2. The third kappa shape index (κ3) is 3.60. The molecule has 1 aliphatic carbocycles. The van der Waals surface area contributed by atoms with Crippen molar-refractivity contribution in [1.82, 2.24) is 9.97 Å². The minimum Gasteiger partial charge on any atom is -0.493 e. The number of hydrogen-bond acceptors (Lipinski definition) is 5. The van der Waals surface area contributed by atoms with Crippen LogP contribution in [-0.2, 0) is 12.8 Å². The first-order valence-corrected chi connectivity index (χ1v) is 10.6. The van der Waals surface area contributed by atoms with E-state index in [0.29, 0.717) is 11.8 Å². The zero-order chi connectivity index (χ0) is 20.5. The molecule has 0 unspecified atom stereocenters. The molecular weight excluding hydrogens is 374 g/mol. The third-order valence-corrected chi connectivity index (χ3v) is 6.37. The number of nitrogens with zero attached hydrogens (tertiary/aromatic N) is 3. The van der Waals surface area contributed by atoms with E-state index in [4.69, 9.17) is 9.47 Å². The second-order valence-corrected chi connectivity index (χ2v) is 8.36. The molecule has 2 aromatic carbocycles. The summed E-state index contributed by atoms with van der Waals surface area (Å²) in [5.74, 6) is 3.35. The first-order chi connectivity index (χ1) is 14.7. The highest BCUT2D eigenvalue weighted by Gasteiger charge is 2.33. The summed E-state index contributed by atoms with van der Waals surface area (Å²) < 4.78 is 12.1. The SMILES string of the molecule is COc1ccc([C@@H]2CN(c3ncccn3)C[C@@H]2C)cc1OC1Cc2ccccc2C1. The second kappa shape index (κ2) is 7.98. The minimum absolute atomic E-state index is 0.154. The van der Waals surface area contributed by atoms with Gasteiger partial charge in [-0.25, -0.2) is 9.97 Å². The topological polar surface area (TPSA) is 47.5 Å². The Morgan fingerprint density at radius 1 is 0.900 bits per heavy atom. The number of aromatic nitrogens is 2. The lowest BCUT2D eigenvalue weighted by atomic mass is 9.90. The molecular formula is C25H27N3O2. The average Bonchev–Trinajstić information content (AvgIpc) is 3.37. The van der Waals surface area contributed by atoms with Gasteiger partial charge in [0.1, 0.15) is 6.10 Å². The van der Waals surface area contributed by atoms with Gasteiger partial charge >= 0.3 is 0 Å². The van der Waals surface area contributed by atoms with Crippen molar-refractivity contribution in [2.75, 3.05) is 25.1 Å². The highest BCUT2D eigenvalue weighted by atomic mass is 16.5. The van der Waals surface area contributed by atoms with E-state index in [-0.39, 0.29) is 6.10 Å².